The van der Waals surface area contributed by atoms with E-state index < -0.39 is 11.7 Å². The van der Waals surface area contributed by atoms with Crippen molar-refractivity contribution in [3.63, 3.8) is 0 Å². The summed E-state index contributed by atoms with van der Waals surface area (Å²) in [7, 11) is 0. The molecule has 0 heterocycles. The Balaban J connectivity index is 1.81. The average Bonchev–Trinajstić information content (AvgIpc) is 2.38. The maximum atomic E-state index is 12.9. The van der Waals surface area contributed by atoms with Crippen molar-refractivity contribution in [3.8, 4) is 0 Å². The fourth-order valence-corrected chi connectivity index (χ4v) is 2.03. The molecule has 0 aliphatic heterocycles. The Hall–Kier alpha value is -1.46. The zero-order chi connectivity index (χ0) is 13.0. The number of hydroxylamine groups is 1. The molecule has 1 aliphatic rings. The lowest BCUT2D eigenvalue weighted by Crippen LogP contribution is -2.35. The van der Waals surface area contributed by atoms with E-state index in [0.29, 0.717) is 0 Å². The van der Waals surface area contributed by atoms with Gasteiger partial charge < -0.3 is 5.73 Å². The predicted octanol–water partition coefficient (Wildman–Crippen LogP) is 1.76. The van der Waals surface area contributed by atoms with E-state index in [1.807, 2.05) is 0 Å². The standard InChI is InChI=1S/C13H17FN2O2/c14-10-3-1-2-9(8-10)13(17)16-18-12-6-4-11(15)5-7-12/h1-3,8,11-12H,4-7,15H2,(H,16,17). The summed E-state index contributed by atoms with van der Waals surface area (Å²) >= 11 is 0. The van der Waals surface area contributed by atoms with Crippen molar-refractivity contribution in [1.82, 2.24) is 5.48 Å². The van der Waals surface area contributed by atoms with Crippen molar-refractivity contribution >= 4 is 5.91 Å². The monoisotopic (exact) mass is 252 g/mol. The fourth-order valence-electron chi connectivity index (χ4n) is 2.03. The number of hydrogen-bond acceptors (Lipinski definition) is 3. The lowest BCUT2D eigenvalue weighted by atomic mass is 9.94. The van der Waals surface area contributed by atoms with Gasteiger partial charge in [-0.1, -0.05) is 6.07 Å². The molecule has 1 aliphatic carbocycles. The number of benzene rings is 1. The van der Waals surface area contributed by atoms with Gasteiger partial charge in [0.05, 0.1) is 6.10 Å². The number of amides is 1. The number of rotatable bonds is 3. The van der Waals surface area contributed by atoms with Crippen LogP contribution in [0.15, 0.2) is 24.3 Å². The first-order valence-electron chi connectivity index (χ1n) is 6.12. The molecule has 5 heteroatoms. The molecule has 1 amide bonds. The molecule has 0 spiro atoms. The minimum atomic E-state index is -0.439. The van der Waals surface area contributed by atoms with Gasteiger partial charge >= 0.3 is 0 Å². The zero-order valence-corrected chi connectivity index (χ0v) is 10.1. The molecule has 4 nitrogen and oxygen atoms in total. The number of halogens is 1. The van der Waals surface area contributed by atoms with Crippen LogP contribution in [-0.4, -0.2) is 18.1 Å². The molecule has 3 N–H and O–H groups in total. The van der Waals surface area contributed by atoms with Crippen molar-refractivity contribution < 1.29 is 14.0 Å². The SMILES string of the molecule is NC1CCC(ONC(=O)c2cccc(F)c2)CC1. The third kappa shape index (κ3) is 3.51. The molecule has 0 aromatic heterocycles. The Labute approximate surface area is 105 Å². The number of hydrogen-bond donors (Lipinski definition) is 2. The van der Waals surface area contributed by atoms with Crippen molar-refractivity contribution in [3.05, 3.63) is 35.6 Å². The number of carbonyl (C=O) groups is 1. The van der Waals surface area contributed by atoms with Crippen LogP contribution in [0.25, 0.3) is 0 Å². The quantitative estimate of drug-likeness (QED) is 0.806. The number of nitrogens with two attached hydrogens (primary N) is 1. The largest absolute Gasteiger partial charge is 0.328 e. The minimum absolute atomic E-state index is 0.00214. The Morgan fingerprint density at radius 1 is 1.33 bits per heavy atom. The highest BCUT2D eigenvalue weighted by Gasteiger charge is 2.20. The highest BCUT2D eigenvalue weighted by molar-refractivity contribution is 5.93. The zero-order valence-electron chi connectivity index (χ0n) is 10.1. The van der Waals surface area contributed by atoms with Gasteiger partial charge in [0, 0.05) is 11.6 Å². The van der Waals surface area contributed by atoms with Crippen LogP contribution in [-0.2, 0) is 4.84 Å². The van der Waals surface area contributed by atoms with E-state index in [-0.39, 0.29) is 17.7 Å². The van der Waals surface area contributed by atoms with Gasteiger partial charge in [0.25, 0.3) is 5.91 Å². The van der Waals surface area contributed by atoms with Crippen molar-refractivity contribution in [2.75, 3.05) is 0 Å². The van der Waals surface area contributed by atoms with E-state index in [1.54, 1.807) is 6.07 Å². The van der Waals surface area contributed by atoms with E-state index in [2.05, 4.69) is 5.48 Å². The smallest absolute Gasteiger partial charge is 0.274 e. The van der Waals surface area contributed by atoms with Crippen LogP contribution >= 0.6 is 0 Å². The van der Waals surface area contributed by atoms with Gasteiger partial charge in [-0.25, -0.2) is 9.87 Å². The molecule has 1 aromatic carbocycles. The van der Waals surface area contributed by atoms with Crippen LogP contribution in [0, 0.1) is 5.82 Å². The molecule has 18 heavy (non-hydrogen) atoms. The lowest BCUT2D eigenvalue weighted by molar-refractivity contribution is -0.0331. The third-order valence-corrected chi connectivity index (χ3v) is 3.12. The van der Waals surface area contributed by atoms with Crippen LogP contribution < -0.4 is 11.2 Å². The van der Waals surface area contributed by atoms with E-state index in [9.17, 15) is 9.18 Å². The second-order valence-corrected chi connectivity index (χ2v) is 4.60. The summed E-state index contributed by atoms with van der Waals surface area (Å²) < 4.78 is 12.9. The molecule has 98 valence electrons. The third-order valence-electron chi connectivity index (χ3n) is 3.12. The van der Waals surface area contributed by atoms with Gasteiger partial charge in [0.15, 0.2) is 0 Å². The van der Waals surface area contributed by atoms with Crippen molar-refractivity contribution in [2.45, 2.75) is 37.8 Å². The van der Waals surface area contributed by atoms with E-state index in [4.69, 9.17) is 10.6 Å². The molecular formula is C13H17FN2O2. The Bertz CT molecular complexity index is 417. The first-order valence-corrected chi connectivity index (χ1v) is 6.12. The molecule has 0 bridgehead atoms. The van der Waals surface area contributed by atoms with Crippen LogP contribution in [0.2, 0.25) is 0 Å². The molecule has 2 rings (SSSR count). The van der Waals surface area contributed by atoms with Crippen molar-refractivity contribution in [1.29, 1.82) is 0 Å². The number of carbonyl (C=O) groups excluding carboxylic acids is 1. The maximum Gasteiger partial charge on any atom is 0.274 e. The summed E-state index contributed by atoms with van der Waals surface area (Å²) in [5.74, 6) is -0.865. The van der Waals surface area contributed by atoms with Crippen LogP contribution in [0.4, 0.5) is 4.39 Å². The first kappa shape index (κ1) is 13.0. The number of nitrogens with one attached hydrogen (secondary N) is 1. The second kappa shape index (κ2) is 5.93. The van der Waals surface area contributed by atoms with Crippen molar-refractivity contribution in [2.24, 2.45) is 5.73 Å². The van der Waals surface area contributed by atoms with Gasteiger partial charge in [0.1, 0.15) is 5.82 Å². The second-order valence-electron chi connectivity index (χ2n) is 4.60. The van der Waals surface area contributed by atoms with Gasteiger partial charge in [-0.3, -0.25) is 9.63 Å². The Kier molecular flexibility index (Phi) is 4.28. The molecule has 1 saturated carbocycles. The molecule has 0 radical (unpaired) electrons. The van der Waals surface area contributed by atoms with E-state index >= 15 is 0 Å². The summed E-state index contributed by atoms with van der Waals surface area (Å²) in [6.07, 6.45) is 3.48. The normalized spacial score (nSPS) is 23.7. The van der Waals surface area contributed by atoms with Crippen LogP contribution in [0.3, 0.4) is 0 Å². The molecule has 0 saturated heterocycles. The molecule has 0 unspecified atom stereocenters. The average molecular weight is 252 g/mol. The fraction of sp³-hybridized carbons (Fsp3) is 0.462. The highest BCUT2D eigenvalue weighted by Crippen LogP contribution is 2.19. The molecule has 0 atom stereocenters. The lowest BCUT2D eigenvalue weighted by Gasteiger charge is -2.25. The van der Waals surface area contributed by atoms with Gasteiger partial charge in [-0.05, 0) is 43.9 Å². The summed E-state index contributed by atoms with van der Waals surface area (Å²) in [5, 5.41) is 0. The summed E-state index contributed by atoms with van der Waals surface area (Å²) in [6, 6.07) is 5.74. The van der Waals surface area contributed by atoms with Gasteiger partial charge in [0.2, 0.25) is 0 Å². The predicted molar refractivity (Wildman–Crippen MR) is 65.2 cm³/mol. The summed E-state index contributed by atoms with van der Waals surface area (Å²) in [4.78, 5) is 17.0. The topological polar surface area (TPSA) is 64.3 Å². The Morgan fingerprint density at radius 2 is 2.06 bits per heavy atom. The molecule has 1 aromatic rings. The highest BCUT2D eigenvalue weighted by atomic mass is 19.1. The van der Waals surface area contributed by atoms with E-state index in [0.717, 1.165) is 25.7 Å². The summed E-state index contributed by atoms with van der Waals surface area (Å²) in [5.41, 5.74) is 8.39. The summed E-state index contributed by atoms with van der Waals surface area (Å²) in [6.45, 7) is 0. The molecular weight excluding hydrogens is 235 g/mol. The van der Waals surface area contributed by atoms with E-state index in [1.165, 1.54) is 18.2 Å². The maximum absolute atomic E-state index is 12.9. The Morgan fingerprint density at radius 3 is 2.72 bits per heavy atom. The van der Waals surface area contributed by atoms with Gasteiger partial charge in [-0.2, -0.15) is 0 Å². The minimum Gasteiger partial charge on any atom is -0.328 e. The van der Waals surface area contributed by atoms with Crippen LogP contribution in [0.5, 0.6) is 0 Å². The van der Waals surface area contributed by atoms with Gasteiger partial charge in [-0.15, -0.1) is 0 Å². The first-order chi connectivity index (χ1) is 8.65. The van der Waals surface area contributed by atoms with Crippen LogP contribution in [0.1, 0.15) is 36.0 Å². The molecule has 1 fully saturated rings.